The molecule has 126 valence electrons. The second-order valence-corrected chi connectivity index (χ2v) is 6.51. The lowest BCUT2D eigenvalue weighted by molar-refractivity contribution is 0.101. The van der Waals surface area contributed by atoms with Gasteiger partial charge in [0.1, 0.15) is 0 Å². The van der Waals surface area contributed by atoms with E-state index < -0.39 is 0 Å². The summed E-state index contributed by atoms with van der Waals surface area (Å²) < 4.78 is 0. The SMILES string of the molecule is Cc1cccc(C(=O)Nc2cccc(C(=O)Nc3nc(C)cs3)c2)c1. The molecule has 0 aliphatic heterocycles. The van der Waals surface area contributed by atoms with Crippen molar-refractivity contribution < 1.29 is 9.59 Å². The highest BCUT2D eigenvalue weighted by atomic mass is 32.1. The van der Waals surface area contributed by atoms with Gasteiger partial charge in [0.25, 0.3) is 11.8 Å². The van der Waals surface area contributed by atoms with Gasteiger partial charge in [0.15, 0.2) is 5.13 Å². The summed E-state index contributed by atoms with van der Waals surface area (Å²) in [6, 6.07) is 14.2. The van der Waals surface area contributed by atoms with Crippen LogP contribution in [0.1, 0.15) is 32.0 Å². The molecule has 0 unspecified atom stereocenters. The van der Waals surface area contributed by atoms with Gasteiger partial charge in [-0.3, -0.25) is 14.9 Å². The van der Waals surface area contributed by atoms with Crippen molar-refractivity contribution in [3.05, 3.63) is 76.3 Å². The molecule has 6 heteroatoms. The van der Waals surface area contributed by atoms with Gasteiger partial charge >= 0.3 is 0 Å². The summed E-state index contributed by atoms with van der Waals surface area (Å²) in [5, 5.41) is 7.99. The second kappa shape index (κ2) is 7.27. The molecule has 0 aliphatic rings. The molecule has 0 saturated heterocycles. The lowest BCUT2D eigenvalue weighted by Crippen LogP contribution is -2.14. The largest absolute Gasteiger partial charge is 0.322 e. The minimum atomic E-state index is -0.263. The van der Waals surface area contributed by atoms with Gasteiger partial charge in [-0.2, -0.15) is 0 Å². The number of amides is 2. The molecule has 1 aromatic heterocycles. The topological polar surface area (TPSA) is 71.1 Å². The van der Waals surface area contributed by atoms with E-state index in [-0.39, 0.29) is 11.8 Å². The molecule has 2 amide bonds. The maximum Gasteiger partial charge on any atom is 0.257 e. The standard InChI is InChI=1S/C19H17N3O2S/c1-12-5-3-6-14(9-12)17(23)21-16-8-4-7-15(10-16)18(24)22-19-20-13(2)11-25-19/h3-11H,1-2H3,(H,21,23)(H,20,22,24). The molecular weight excluding hydrogens is 334 g/mol. The van der Waals surface area contributed by atoms with Crippen LogP contribution in [0.3, 0.4) is 0 Å². The van der Waals surface area contributed by atoms with Crippen molar-refractivity contribution in [1.29, 1.82) is 0 Å². The number of nitrogens with one attached hydrogen (secondary N) is 2. The summed E-state index contributed by atoms with van der Waals surface area (Å²) in [6.45, 7) is 3.80. The number of carbonyl (C=O) groups is 2. The molecule has 2 N–H and O–H groups in total. The third-order valence-electron chi connectivity index (χ3n) is 3.50. The molecule has 2 aromatic carbocycles. The number of hydrogen-bond acceptors (Lipinski definition) is 4. The molecule has 25 heavy (non-hydrogen) atoms. The molecule has 3 rings (SSSR count). The van der Waals surface area contributed by atoms with Crippen LogP contribution in [0.5, 0.6) is 0 Å². The number of aromatic nitrogens is 1. The molecule has 0 spiro atoms. The Morgan fingerprint density at radius 1 is 0.920 bits per heavy atom. The molecule has 0 radical (unpaired) electrons. The second-order valence-electron chi connectivity index (χ2n) is 5.65. The van der Waals surface area contributed by atoms with Crippen molar-refractivity contribution in [1.82, 2.24) is 4.98 Å². The number of nitrogens with zero attached hydrogens (tertiary/aromatic N) is 1. The highest BCUT2D eigenvalue weighted by molar-refractivity contribution is 7.13. The number of thiazole rings is 1. The van der Waals surface area contributed by atoms with Crippen LogP contribution in [0.25, 0.3) is 0 Å². The lowest BCUT2D eigenvalue weighted by Gasteiger charge is -2.08. The normalized spacial score (nSPS) is 10.3. The van der Waals surface area contributed by atoms with Crippen LogP contribution in [0.15, 0.2) is 53.9 Å². The fourth-order valence-corrected chi connectivity index (χ4v) is 2.99. The Morgan fingerprint density at radius 2 is 1.60 bits per heavy atom. The Hall–Kier alpha value is -2.99. The van der Waals surface area contributed by atoms with Gasteiger partial charge in [0.2, 0.25) is 0 Å². The zero-order valence-electron chi connectivity index (χ0n) is 13.9. The molecule has 0 aliphatic carbocycles. The van der Waals surface area contributed by atoms with Gasteiger partial charge in [0.05, 0.1) is 5.69 Å². The Kier molecular flexibility index (Phi) is 4.90. The first-order valence-electron chi connectivity index (χ1n) is 7.73. The summed E-state index contributed by atoms with van der Waals surface area (Å²) >= 11 is 1.37. The third-order valence-corrected chi connectivity index (χ3v) is 4.38. The fourth-order valence-electron chi connectivity index (χ4n) is 2.31. The van der Waals surface area contributed by atoms with Crippen LogP contribution in [0.4, 0.5) is 10.8 Å². The lowest BCUT2D eigenvalue weighted by atomic mass is 10.1. The highest BCUT2D eigenvalue weighted by Gasteiger charge is 2.11. The number of carbonyl (C=O) groups excluding carboxylic acids is 2. The van der Waals surface area contributed by atoms with Crippen molar-refractivity contribution in [3.8, 4) is 0 Å². The van der Waals surface area contributed by atoms with E-state index in [2.05, 4.69) is 15.6 Å². The predicted molar refractivity (Wildman–Crippen MR) is 100 cm³/mol. The molecule has 1 heterocycles. The molecular formula is C19H17N3O2S. The van der Waals surface area contributed by atoms with Crippen LogP contribution in [-0.4, -0.2) is 16.8 Å². The van der Waals surface area contributed by atoms with Crippen LogP contribution in [-0.2, 0) is 0 Å². The number of hydrogen-bond donors (Lipinski definition) is 2. The average Bonchev–Trinajstić information content (AvgIpc) is 3.00. The van der Waals surface area contributed by atoms with Crippen molar-refractivity contribution in [2.45, 2.75) is 13.8 Å². The zero-order chi connectivity index (χ0) is 17.8. The first-order chi connectivity index (χ1) is 12.0. The van der Waals surface area contributed by atoms with Gasteiger partial charge in [-0.05, 0) is 44.2 Å². The Bertz CT molecular complexity index is 934. The maximum absolute atomic E-state index is 12.3. The van der Waals surface area contributed by atoms with Crippen molar-refractivity contribution >= 4 is 34.0 Å². The number of rotatable bonds is 4. The zero-order valence-corrected chi connectivity index (χ0v) is 14.7. The fraction of sp³-hybridized carbons (Fsp3) is 0.105. The summed E-state index contributed by atoms with van der Waals surface area (Å²) in [6.07, 6.45) is 0. The van der Waals surface area contributed by atoms with E-state index in [0.29, 0.717) is 21.9 Å². The maximum atomic E-state index is 12.3. The van der Waals surface area contributed by atoms with E-state index in [1.54, 1.807) is 30.3 Å². The third kappa shape index (κ3) is 4.30. The van der Waals surface area contributed by atoms with Crippen molar-refractivity contribution in [2.24, 2.45) is 0 Å². The Balaban J connectivity index is 1.72. The van der Waals surface area contributed by atoms with E-state index in [1.165, 1.54) is 11.3 Å². The molecule has 5 nitrogen and oxygen atoms in total. The first-order valence-corrected chi connectivity index (χ1v) is 8.61. The van der Waals surface area contributed by atoms with E-state index in [0.717, 1.165) is 11.3 Å². The number of anilines is 2. The minimum Gasteiger partial charge on any atom is -0.322 e. The van der Waals surface area contributed by atoms with Crippen molar-refractivity contribution in [3.63, 3.8) is 0 Å². The molecule has 0 atom stereocenters. The van der Waals surface area contributed by atoms with E-state index in [4.69, 9.17) is 0 Å². The predicted octanol–water partition coefficient (Wildman–Crippen LogP) is 4.26. The monoisotopic (exact) mass is 351 g/mol. The summed E-state index contributed by atoms with van der Waals surface area (Å²) in [4.78, 5) is 28.9. The van der Waals surface area contributed by atoms with Crippen LogP contribution in [0, 0.1) is 13.8 Å². The molecule has 3 aromatic rings. The molecule has 0 bridgehead atoms. The smallest absolute Gasteiger partial charge is 0.257 e. The first kappa shape index (κ1) is 16.9. The Morgan fingerprint density at radius 3 is 2.28 bits per heavy atom. The minimum absolute atomic E-state index is 0.211. The van der Waals surface area contributed by atoms with E-state index in [1.807, 2.05) is 37.4 Å². The Labute approximate surface area is 149 Å². The highest BCUT2D eigenvalue weighted by Crippen LogP contribution is 2.18. The summed E-state index contributed by atoms with van der Waals surface area (Å²) in [5.41, 5.74) is 3.47. The van der Waals surface area contributed by atoms with Gasteiger partial charge < -0.3 is 5.32 Å². The van der Waals surface area contributed by atoms with Gasteiger partial charge in [0, 0.05) is 22.2 Å². The quantitative estimate of drug-likeness (QED) is 0.737. The van der Waals surface area contributed by atoms with E-state index >= 15 is 0 Å². The number of aryl methyl sites for hydroxylation is 2. The molecule has 0 fully saturated rings. The van der Waals surface area contributed by atoms with Crippen LogP contribution in [0.2, 0.25) is 0 Å². The summed E-state index contributed by atoms with van der Waals surface area (Å²) in [7, 11) is 0. The molecule has 0 saturated carbocycles. The van der Waals surface area contributed by atoms with E-state index in [9.17, 15) is 9.59 Å². The number of benzene rings is 2. The van der Waals surface area contributed by atoms with Gasteiger partial charge in [-0.25, -0.2) is 4.98 Å². The summed E-state index contributed by atoms with van der Waals surface area (Å²) in [5.74, 6) is -0.474. The average molecular weight is 351 g/mol. The van der Waals surface area contributed by atoms with Gasteiger partial charge in [-0.15, -0.1) is 11.3 Å². The van der Waals surface area contributed by atoms with Gasteiger partial charge in [-0.1, -0.05) is 23.8 Å². The van der Waals surface area contributed by atoms with Crippen LogP contribution < -0.4 is 10.6 Å². The van der Waals surface area contributed by atoms with Crippen LogP contribution >= 0.6 is 11.3 Å². The van der Waals surface area contributed by atoms with Crippen molar-refractivity contribution in [2.75, 3.05) is 10.6 Å².